The molecule has 1 unspecified atom stereocenters. The third kappa shape index (κ3) is 2.19. The summed E-state index contributed by atoms with van der Waals surface area (Å²) in [6.07, 6.45) is 1.78. The van der Waals surface area contributed by atoms with Crippen molar-refractivity contribution in [3.05, 3.63) is 18.2 Å². The number of aliphatic carboxylic acids is 1. The van der Waals surface area contributed by atoms with Crippen LogP contribution in [0.1, 0.15) is 32.7 Å². The number of carbonyl (C=O) groups is 3. The number of sulfone groups is 1. The highest BCUT2D eigenvalue weighted by Gasteiger charge is 2.74. The molecule has 3 heterocycles. The maximum absolute atomic E-state index is 13.0. The van der Waals surface area contributed by atoms with Crippen molar-refractivity contribution < 1.29 is 32.6 Å². The van der Waals surface area contributed by atoms with Gasteiger partial charge in [-0.2, -0.15) is 0 Å². The fraction of sp³-hybridized carbons (Fsp3) is 0.600. The fourth-order valence-corrected chi connectivity index (χ4v) is 6.06. The van der Waals surface area contributed by atoms with Crippen molar-refractivity contribution in [2.75, 3.05) is 0 Å². The number of hydrogen-bond donors (Lipinski definition) is 1. The van der Waals surface area contributed by atoms with Crippen LogP contribution in [0.25, 0.3) is 0 Å². The van der Waals surface area contributed by atoms with Gasteiger partial charge in [0.1, 0.15) is 12.0 Å². The van der Waals surface area contributed by atoms with Gasteiger partial charge in [-0.3, -0.25) is 9.59 Å². The third-order valence-electron chi connectivity index (χ3n) is 5.07. The number of nitrogens with zero attached hydrogens (tertiary/aromatic N) is 3. The maximum atomic E-state index is 13.0. The number of esters is 1. The molecule has 2 fully saturated rings. The van der Waals surface area contributed by atoms with Crippen molar-refractivity contribution in [1.29, 1.82) is 0 Å². The molecule has 2 aliphatic rings. The van der Waals surface area contributed by atoms with Crippen molar-refractivity contribution in [3.63, 3.8) is 0 Å². The second-order valence-corrected chi connectivity index (χ2v) is 9.60. The molecule has 0 bridgehead atoms. The number of hydrogen-bond acceptors (Lipinski definition) is 7. The van der Waals surface area contributed by atoms with Crippen LogP contribution in [-0.2, 0) is 36.0 Å². The predicted octanol–water partition coefficient (Wildman–Crippen LogP) is -0.531. The Morgan fingerprint density at radius 2 is 2.00 bits per heavy atom. The number of carboxylic acid groups (broad SMARTS) is 1. The molecule has 3 rings (SSSR count). The van der Waals surface area contributed by atoms with E-state index < -0.39 is 55.9 Å². The van der Waals surface area contributed by atoms with Crippen molar-refractivity contribution in [2.45, 2.75) is 43.0 Å². The van der Waals surface area contributed by atoms with Gasteiger partial charge in [0.15, 0.2) is 27.1 Å². The third-order valence-corrected chi connectivity index (χ3v) is 7.92. The largest absolute Gasteiger partial charge is 0.480 e. The molecule has 4 atom stereocenters. The van der Waals surface area contributed by atoms with Gasteiger partial charge in [-0.25, -0.2) is 18.2 Å². The number of carbonyl (C=O) groups excluding carboxylic acids is 2. The molecule has 2 aliphatic heterocycles. The molecule has 0 spiro atoms. The van der Waals surface area contributed by atoms with Crippen molar-refractivity contribution >= 4 is 27.7 Å². The summed E-state index contributed by atoms with van der Waals surface area (Å²) < 4.78 is 31.0. The van der Waals surface area contributed by atoms with Crippen LogP contribution < -0.4 is 0 Å². The average Bonchev–Trinajstić information content (AvgIpc) is 2.97. The SMILES string of the molecule is CC(=O)OC(c1nccn1C)[C@@H]1C(=O)N2[C@@H](C(=O)O)C(C)(C)S(=O)(=O)[C@H]12. The van der Waals surface area contributed by atoms with Crippen molar-refractivity contribution in [1.82, 2.24) is 14.5 Å². The van der Waals surface area contributed by atoms with Gasteiger partial charge in [0, 0.05) is 26.4 Å². The monoisotopic (exact) mass is 385 g/mol. The number of fused-ring (bicyclic) bond motifs is 1. The Labute approximate surface area is 149 Å². The summed E-state index contributed by atoms with van der Waals surface area (Å²) in [5.74, 6) is -3.81. The molecule has 1 N–H and O–H groups in total. The zero-order valence-electron chi connectivity index (χ0n) is 14.6. The Balaban J connectivity index is 2.10. The van der Waals surface area contributed by atoms with Gasteiger partial charge in [0.05, 0.1) is 4.75 Å². The highest BCUT2D eigenvalue weighted by Crippen LogP contribution is 2.52. The molecule has 26 heavy (non-hydrogen) atoms. The molecule has 2 saturated heterocycles. The number of ether oxygens (including phenoxy) is 1. The number of aromatic nitrogens is 2. The van der Waals surface area contributed by atoms with E-state index >= 15 is 0 Å². The lowest BCUT2D eigenvalue weighted by Crippen LogP contribution is -2.65. The highest BCUT2D eigenvalue weighted by molar-refractivity contribution is 7.93. The van der Waals surface area contributed by atoms with Gasteiger partial charge >= 0.3 is 11.9 Å². The number of carboxylic acids is 1. The minimum absolute atomic E-state index is 0.213. The lowest BCUT2D eigenvalue weighted by molar-refractivity contribution is -0.176. The molecule has 0 radical (unpaired) electrons. The molecular weight excluding hydrogens is 366 g/mol. The second kappa shape index (κ2) is 5.53. The molecule has 11 heteroatoms. The minimum Gasteiger partial charge on any atom is -0.480 e. The van der Waals surface area contributed by atoms with E-state index in [4.69, 9.17) is 4.74 Å². The molecule has 0 saturated carbocycles. The van der Waals surface area contributed by atoms with E-state index in [-0.39, 0.29) is 5.82 Å². The molecule has 1 aromatic heterocycles. The van der Waals surface area contributed by atoms with Crippen LogP contribution in [0.2, 0.25) is 0 Å². The predicted molar refractivity (Wildman–Crippen MR) is 86.3 cm³/mol. The zero-order chi connectivity index (χ0) is 19.6. The summed E-state index contributed by atoms with van der Waals surface area (Å²) in [6.45, 7) is 3.71. The Morgan fingerprint density at radius 3 is 2.46 bits per heavy atom. The summed E-state index contributed by atoms with van der Waals surface area (Å²) >= 11 is 0. The first-order chi connectivity index (χ1) is 11.9. The lowest BCUT2D eigenvalue weighted by Gasteiger charge is -2.45. The van der Waals surface area contributed by atoms with Gasteiger partial charge in [0.25, 0.3) is 0 Å². The maximum Gasteiger partial charge on any atom is 0.328 e. The smallest absolute Gasteiger partial charge is 0.328 e. The van der Waals surface area contributed by atoms with Crippen LogP contribution in [-0.4, -0.2) is 62.0 Å². The Kier molecular flexibility index (Phi) is 3.91. The molecule has 1 amide bonds. The highest BCUT2D eigenvalue weighted by atomic mass is 32.2. The van der Waals surface area contributed by atoms with Crippen LogP contribution in [0.3, 0.4) is 0 Å². The normalized spacial score (nSPS) is 29.6. The molecule has 142 valence electrons. The van der Waals surface area contributed by atoms with Gasteiger partial charge in [-0.15, -0.1) is 0 Å². The summed E-state index contributed by atoms with van der Waals surface area (Å²) in [5, 5.41) is 8.08. The van der Waals surface area contributed by atoms with Crippen molar-refractivity contribution in [3.8, 4) is 0 Å². The van der Waals surface area contributed by atoms with Crippen LogP contribution in [0.5, 0.6) is 0 Å². The molecule has 1 aromatic rings. The van der Waals surface area contributed by atoms with E-state index in [2.05, 4.69) is 4.98 Å². The van der Waals surface area contributed by atoms with Gasteiger partial charge < -0.3 is 19.3 Å². The summed E-state index contributed by atoms with van der Waals surface area (Å²) in [5.41, 5.74) is 0. The van der Waals surface area contributed by atoms with Crippen LogP contribution in [0, 0.1) is 5.92 Å². The average molecular weight is 385 g/mol. The summed E-state index contributed by atoms with van der Waals surface area (Å²) in [7, 11) is -2.41. The van der Waals surface area contributed by atoms with Gasteiger partial charge in [0.2, 0.25) is 5.91 Å². The quantitative estimate of drug-likeness (QED) is 0.540. The van der Waals surface area contributed by atoms with Crippen LogP contribution in [0.15, 0.2) is 12.4 Å². The zero-order valence-corrected chi connectivity index (χ0v) is 15.4. The van der Waals surface area contributed by atoms with E-state index in [1.807, 2.05) is 0 Å². The van der Waals surface area contributed by atoms with Crippen LogP contribution in [0.4, 0.5) is 0 Å². The second-order valence-electron chi connectivity index (χ2n) is 6.98. The minimum atomic E-state index is -4.03. The topological polar surface area (TPSA) is 136 Å². The fourth-order valence-electron chi connectivity index (χ4n) is 3.74. The van der Waals surface area contributed by atoms with E-state index in [1.165, 1.54) is 24.6 Å². The molecule has 0 aliphatic carbocycles. The van der Waals surface area contributed by atoms with Gasteiger partial charge in [-0.05, 0) is 13.8 Å². The standard InChI is InChI=1S/C15H19N3O7S/c1-7(19)25-9(11-16-5-6-17(11)4)8-12(20)18-10(14(21)22)15(2,3)26(23,24)13(8)18/h5-6,8-10,13H,1-4H3,(H,21,22)/t8-,9?,10+,13-/m1/s1. The number of β-lactam (4-membered cyclic amide) rings is 1. The Morgan fingerprint density at radius 1 is 1.38 bits per heavy atom. The first-order valence-electron chi connectivity index (χ1n) is 7.85. The van der Waals surface area contributed by atoms with Crippen LogP contribution >= 0.6 is 0 Å². The van der Waals surface area contributed by atoms with Gasteiger partial charge in [-0.1, -0.05) is 0 Å². The van der Waals surface area contributed by atoms with E-state index in [0.29, 0.717) is 0 Å². The van der Waals surface area contributed by atoms with E-state index in [0.717, 1.165) is 11.8 Å². The van der Waals surface area contributed by atoms with E-state index in [9.17, 15) is 27.9 Å². The number of imidazole rings is 1. The van der Waals surface area contributed by atoms with E-state index in [1.54, 1.807) is 13.2 Å². The molecule has 10 nitrogen and oxygen atoms in total. The summed E-state index contributed by atoms with van der Waals surface area (Å²) in [4.78, 5) is 40.8. The lowest BCUT2D eigenvalue weighted by atomic mass is 9.87. The number of amides is 1. The molecular formula is C15H19N3O7S. The summed E-state index contributed by atoms with van der Waals surface area (Å²) in [6, 6.07) is -1.50. The first kappa shape index (κ1) is 18.4. The number of rotatable bonds is 4. The van der Waals surface area contributed by atoms with Crippen molar-refractivity contribution in [2.24, 2.45) is 13.0 Å². The Hall–Kier alpha value is -2.43. The molecule has 0 aromatic carbocycles. The Bertz CT molecular complexity index is 904. The number of aryl methyl sites for hydroxylation is 1. The first-order valence-corrected chi connectivity index (χ1v) is 9.40.